The molecule has 13 heavy (non-hydrogen) atoms. The van der Waals surface area contributed by atoms with Gasteiger partial charge >= 0.3 is 0 Å². The van der Waals surface area contributed by atoms with Crippen molar-refractivity contribution in [1.82, 2.24) is 10.2 Å². The van der Waals surface area contributed by atoms with Crippen molar-refractivity contribution in [3.63, 3.8) is 0 Å². The third-order valence-corrected chi connectivity index (χ3v) is 2.42. The molecule has 0 radical (unpaired) electrons. The molecule has 1 fully saturated rings. The summed E-state index contributed by atoms with van der Waals surface area (Å²) in [5.74, 6) is 0. The highest BCUT2D eigenvalue weighted by Crippen LogP contribution is 2.21. The Morgan fingerprint density at radius 2 is 2.08 bits per heavy atom. The summed E-state index contributed by atoms with van der Waals surface area (Å²) in [6, 6.07) is 0. The van der Waals surface area contributed by atoms with E-state index in [0.29, 0.717) is 6.10 Å². The van der Waals surface area contributed by atoms with E-state index in [4.69, 9.17) is 4.74 Å². The number of hydrogen-bond acceptors (Lipinski definition) is 3. The Kier molecular flexibility index (Phi) is 5.35. The van der Waals surface area contributed by atoms with Crippen LogP contribution in [0.3, 0.4) is 0 Å². The lowest BCUT2D eigenvalue weighted by Gasteiger charge is -2.25. The highest BCUT2D eigenvalue weighted by molar-refractivity contribution is 4.69. The van der Waals surface area contributed by atoms with Gasteiger partial charge in [-0.15, -0.1) is 0 Å². The molecule has 0 atom stereocenters. The van der Waals surface area contributed by atoms with Gasteiger partial charge in [-0.3, -0.25) is 0 Å². The van der Waals surface area contributed by atoms with E-state index in [1.807, 2.05) is 0 Å². The summed E-state index contributed by atoms with van der Waals surface area (Å²) in [5.41, 5.74) is 0. The van der Waals surface area contributed by atoms with Gasteiger partial charge in [0.2, 0.25) is 0 Å². The monoisotopic (exact) mass is 186 g/mol. The van der Waals surface area contributed by atoms with E-state index in [0.717, 1.165) is 26.2 Å². The van der Waals surface area contributed by atoms with Crippen LogP contribution in [0.1, 0.15) is 19.3 Å². The molecule has 0 saturated heterocycles. The first kappa shape index (κ1) is 11.0. The van der Waals surface area contributed by atoms with Crippen LogP contribution in [0, 0.1) is 0 Å². The van der Waals surface area contributed by atoms with Crippen LogP contribution in [0.2, 0.25) is 0 Å². The maximum absolute atomic E-state index is 5.61. The van der Waals surface area contributed by atoms with E-state index in [1.54, 1.807) is 0 Å². The van der Waals surface area contributed by atoms with Crippen LogP contribution < -0.4 is 5.32 Å². The first-order valence-corrected chi connectivity index (χ1v) is 5.26. The molecule has 0 amide bonds. The molecule has 0 aromatic rings. The van der Waals surface area contributed by atoms with Gasteiger partial charge in [-0.25, -0.2) is 0 Å². The number of nitrogens with zero attached hydrogens (tertiary/aromatic N) is 1. The summed E-state index contributed by atoms with van der Waals surface area (Å²) < 4.78 is 5.61. The molecular weight excluding hydrogens is 164 g/mol. The van der Waals surface area contributed by atoms with Gasteiger partial charge in [-0.1, -0.05) is 0 Å². The van der Waals surface area contributed by atoms with Crippen LogP contribution in [-0.4, -0.2) is 51.3 Å². The Hall–Kier alpha value is -0.120. The Morgan fingerprint density at radius 1 is 1.31 bits per heavy atom. The average molecular weight is 186 g/mol. The Bertz CT molecular complexity index is 124. The maximum Gasteiger partial charge on any atom is 0.0594 e. The number of hydrogen-bond donors (Lipinski definition) is 1. The van der Waals surface area contributed by atoms with E-state index in [-0.39, 0.29) is 0 Å². The van der Waals surface area contributed by atoms with Gasteiger partial charge in [0, 0.05) is 19.6 Å². The standard InChI is InChI=1S/C10H22N2O/c1-12(2)8-6-11-7-9-13-10-4-3-5-10/h10-11H,3-9H2,1-2H3. The number of nitrogens with one attached hydrogen (secondary N) is 1. The van der Waals surface area contributed by atoms with E-state index in [9.17, 15) is 0 Å². The average Bonchev–Trinajstić information content (AvgIpc) is 1.99. The molecule has 0 aliphatic heterocycles. The molecule has 1 N–H and O–H groups in total. The van der Waals surface area contributed by atoms with Crippen molar-refractivity contribution in [3.05, 3.63) is 0 Å². The van der Waals surface area contributed by atoms with Gasteiger partial charge in [0.05, 0.1) is 12.7 Å². The normalized spacial score (nSPS) is 17.8. The summed E-state index contributed by atoms with van der Waals surface area (Å²) in [6.07, 6.45) is 4.49. The van der Waals surface area contributed by atoms with Crippen molar-refractivity contribution in [3.8, 4) is 0 Å². The first-order valence-electron chi connectivity index (χ1n) is 5.26. The zero-order chi connectivity index (χ0) is 9.52. The molecular formula is C10H22N2O. The molecule has 0 bridgehead atoms. The van der Waals surface area contributed by atoms with Crippen LogP contribution in [0.15, 0.2) is 0 Å². The van der Waals surface area contributed by atoms with Crippen LogP contribution in [0.25, 0.3) is 0 Å². The lowest BCUT2D eigenvalue weighted by Crippen LogP contribution is -2.31. The predicted molar refractivity (Wildman–Crippen MR) is 55.0 cm³/mol. The van der Waals surface area contributed by atoms with Crippen molar-refractivity contribution in [2.24, 2.45) is 0 Å². The molecule has 0 aromatic heterocycles. The fourth-order valence-electron chi connectivity index (χ4n) is 1.26. The largest absolute Gasteiger partial charge is 0.377 e. The summed E-state index contributed by atoms with van der Waals surface area (Å²) >= 11 is 0. The zero-order valence-electron chi connectivity index (χ0n) is 8.88. The minimum atomic E-state index is 0.579. The second-order valence-electron chi connectivity index (χ2n) is 3.98. The lowest BCUT2D eigenvalue weighted by atomic mass is 9.96. The Balaban J connectivity index is 1.73. The van der Waals surface area contributed by atoms with Crippen LogP contribution >= 0.6 is 0 Å². The first-order chi connectivity index (χ1) is 6.29. The van der Waals surface area contributed by atoms with E-state index in [2.05, 4.69) is 24.3 Å². The number of ether oxygens (including phenoxy) is 1. The third-order valence-electron chi connectivity index (χ3n) is 2.42. The fraction of sp³-hybridized carbons (Fsp3) is 1.00. The van der Waals surface area contributed by atoms with Crippen molar-refractivity contribution < 1.29 is 4.74 Å². The van der Waals surface area contributed by atoms with Gasteiger partial charge in [0.1, 0.15) is 0 Å². The number of rotatable bonds is 7. The van der Waals surface area contributed by atoms with Crippen molar-refractivity contribution in [2.75, 3.05) is 40.3 Å². The van der Waals surface area contributed by atoms with Crippen LogP contribution in [0.5, 0.6) is 0 Å². The summed E-state index contributed by atoms with van der Waals surface area (Å²) in [7, 11) is 4.18. The molecule has 0 unspecified atom stereocenters. The second-order valence-corrected chi connectivity index (χ2v) is 3.98. The van der Waals surface area contributed by atoms with Crippen molar-refractivity contribution >= 4 is 0 Å². The van der Waals surface area contributed by atoms with Crippen molar-refractivity contribution in [1.29, 1.82) is 0 Å². The second kappa shape index (κ2) is 6.35. The molecule has 0 aromatic carbocycles. The van der Waals surface area contributed by atoms with E-state index >= 15 is 0 Å². The minimum Gasteiger partial charge on any atom is -0.377 e. The summed E-state index contributed by atoms with van der Waals surface area (Å²) in [5, 5.41) is 3.35. The molecule has 78 valence electrons. The lowest BCUT2D eigenvalue weighted by molar-refractivity contribution is 0.00426. The molecule has 0 spiro atoms. The number of likely N-dealkylation sites (N-methyl/N-ethyl adjacent to an activating group) is 1. The van der Waals surface area contributed by atoms with Crippen LogP contribution in [-0.2, 0) is 4.74 Å². The Labute approximate surface area is 81.4 Å². The molecule has 1 rings (SSSR count). The summed E-state index contributed by atoms with van der Waals surface area (Å²) in [4.78, 5) is 2.18. The Morgan fingerprint density at radius 3 is 2.62 bits per heavy atom. The van der Waals surface area contributed by atoms with E-state index in [1.165, 1.54) is 19.3 Å². The van der Waals surface area contributed by atoms with Gasteiger partial charge in [-0.2, -0.15) is 0 Å². The molecule has 1 aliphatic rings. The molecule has 3 nitrogen and oxygen atoms in total. The SMILES string of the molecule is CN(C)CCNCCOC1CCC1. The quantitative estimate of drug-likeness (QED) is 0.593. The molecule has 1 aliphatic carbocycles. The predicted octanol–water partition coefficient (Wildman–Crippen LogP) is 0.707. The molecule has 1 saturated carbocycles. The van der Waals surface area contributed by atoms with Crippen LogP contribution in [0.4, 0.5) is 0 Å². The zero-order valence-corrected chi connectivity index (χ0v) is 8.88. The third kappa shape index (κ3) is 5.24. The van der Waals surface area contributed by atoms with E-state index < -0.39 is 0 Å². The highest BCUT2D eigenvalue weighted by Gasteiger charge is 2.16. The topological polar surface area (TPSA) is 24.5 Å². The summed E-state index contributed by atoms with van der Waals surface area (Å²) in [6.45, 7) is 4.02. The highest BCUT2D eigenvalue weighted by atomic mass is 16.5. The van der Waals surface area contributed by atoms with Crippen molar-refractivity contribution in [2.45, 2.75) is 25.4 Å². The van der Waals surface area contributed by atoms with Gasteiger partial charge in [0.25, 0.3) is 0 Å². The minimum absolute atomic E-state index is 0.579. The van der Waals surface area contributed by atoms with Gasteiger partial charge < -0.3 is 15.0 Å². The maximum atomic E-state index is 5.61. The molecule has 3 heteroatoms. The van der Waals surface area contributed by atoms with Gasteiger partial charge in [-0.05, 0) is 33.4 Å². The molecule has 0 heterocycles. The smallest absolute Gasteiger partial charge is 0.0594 e. The van der Waals surface area contributed by atoms with Gasteiger partial charge in [0.15, 0.2) is 0 Å². The fourth-order valence-corrected chi connectivity index (χ4v) is 1.26.